The minimum Gasteiger partial charge on any atom is -0.490 e. The van der Waals surface area contributed by atoms with Gasteiger partial charge in [0.25, 0.3) is 5.56 Å². The van der Waals surface area contributed by atoms with Gasteiger partial charge in [-0.15, -0.1) is 0 Å². The van der Waals surface area contributed by atoms with Crippen LogP contribution < -0.4 is 10.3 Å². The molecule has 1 aliphatic carbocycles. The van der Waals surface area contributed by atoms with Crippen molar-refractivity contribution >= 4 is 55.0 Å². The smallest absolute Gasteiger partial charge is 0.333 e. The number of esters is 1. The Morgan fingerprint density at radius 2 is 1.58 bits per heavy atom. The summed E-state index contributed by atoms with van der Waals surface area (Å²) in [6.07, 6.45) is 2.99. The molecule has 188 valence electrons. The van der Waals surface area contributed by atoms with Crippen molar-refractivity contribution in [1.29, 1.82) is 0 Å². The number of ether oxygens (including phenoxy) is 2. The van der Waals surface area contributed by atoms with Crippen LogP contribution in [-0.4, -0.2) is 27.6 Å². The molecule has 0 amide bonds. The van der Waals surface area contributed by atoms with Gasteiger partial charge in [-0.3, -0.25) is 9.20 Å². The number of benzene rings is 4. The number of rotatable bonds is 4. The van der Waals surface area contributed by atoms with E-state index in [2.05, 4.69) is 6.58 Å². The number of fused-ring (bicyclic) bond motifs is 3. The van der Waals surface area contributed by atoms with Crippen molar-refractivity contribution in [3.05, 3.63) is 89.2 Å². The fourth-order valence-corrected chi connectivity index (χ4v) is 5.91. The lowest BCUT2D eigenvalue weighted by Crippen LogP contribution is -2.30. The van der Waals surface area contributed by atoms with Gasteiger partial charge >= 0.3 is 5.97 Å². The van der Waals surface area contributed by atoms with E-state index in [1.165, 1.54) is 0 Å². The quantitative estimate of drug-likeness (QED) is 0.118. The van der Waals surface area contributed by atoms with Crippen LogP contribution in [0.15, 0.2) is 83.7 Å². The highest BCUT2D eigenvalue weighted by molar-refractivity contribution is 6.18. The molecule has 2 aromatic heterocycles. The van der Waals surface area contributed by atoms with E-state index in [1.807, 2.05) is 66.7 Å². The van der Waals surface area contributed by atoms with Gasteiger partial charge < -0.3 is 9.47 Å². The number of pyridine rings is 1. The second-order valence-electron chi connectivity index (χ2n) is 10.3. The minimum absolute atomic E-state index is 0.0131. The zero-order valence-corrected chi connectivity index (χ0v) is 21.1. The normalized spacial score (nSPS) is 18.0. The highest BCUT2D eigenvalue weighted by atomic mass is 16.5. The summed E-state index contributed by atoms with van der Waals surface area (Å²) in [5, 5.41) is 5.40. The van der Waals surface area contributed by atoms with E-state index in [0.29, 0.717) is 16.6 Å². The Bertz CT molecular complexity index is 1960. The van der Waals surface area contributed by atoms with Crippen molar-refractivity contribution in [3.8, 4) is 5.75 Å². The summed E-state index contributed by atoms with van der Waals surface area (Å²) in [5.41, 5.74) is 2.72. The van der Waals surface area contributed by atoms with Crippen LogP contribution >= 0.6 is 0 Å². The van der Waals surface area contributed by atoms with Crippen LogP contribution in [0.2, 0.25) is 0 Å². The monoisotopic (exact) mass is 502 g/mol. The number of nitrogens with zero attached hydrogens (tertiary/aromatic N) is 2. The van der Waals surface area contributed by atoms with Crippen molar-refractivity contribution in [1.82, 2.24) is 9.38 Å². The summed E-state index contributed by atoms with van der Waals surface area (Å²) in [4.78, 5) is 30.8. The summed E-state index contributed by atoms with van der Waals surface area (Å²) in [7, 11) is 0. The van der Waals surface area contributed by atoms with Gasteiger partial charge in [0.15, 0.2) is 0 Å². The van der Waals surface area contributed by atoms with Crippen LogP contribution in [0.3, 0.4) is 0 Å². The van der Waals surface area contributed by atoms with Crippen LogP contribution in [-0.2, 0) is 9.53 Å². The van der Waals surface area contributed by atoms with Gasteiger partial charge in [-0.25, -0.2) is 9.78 Å². The Balaban J connectivity index is 1.32. The van der Waals surface area contributed by atoms with E-state index in [0.717, 1.165) is 69.4 Å². The molecule has 7 rings (SSSR count). The average Bonchev–Trinajstić information content (AvgIpc) is 2.93. The van der Waals surface area contributed by atoms with Gasteiger partial charge in [-0.1, -0.05) is 43.0 Å². The maximum atomic E-state index is 13.9. The molecule has 6 aromatic rings. The second-order valence-corrected chi connectivity index (χ2v) is 10.3. The zero-order chi connectivity index (χ0) is 26.0. The number of aromatic nitrogens is 2. The molecule has 6 nitrogen and oxygen atoms in total. The summed E-state index contributed by atoms with van der Waals surface area (Å²) in [5.74, 6) is 0.425. The highest BCUT2D eigenvalue weighted by Crippen LogP contribution is 2.37. The molecule has 0 N–H and O–H groups in total. The van der Waals surface area contributed by atoms with Crippen molar-refractivity contribution < 1.29 is 14.3 Å². The maximum absolute atomic E-state index is 13.9. The number of carbonyl (C=O) groups is 1. The summed E-state index contributed by atoms with van der Waals surface area (Å²) < 4.78 is 13.8. The lowest BCUT2D eigenvalue weighted by Gasteiger charge is -2.29. The minimum atomic E-state index is -0.332. The van der Waals surface area contributed by atoms with Crippen LogP contribution in [0.1, 0.15) is 32.6 Å². The molecule has 0 spiro atoms. The number of hydrogen-bond acceptors (Lipinski definition) is 5. The van der Waals surface area contributed by atoms with Crippen molar-refractivity contribution in [2.24, 2.45) is 0 Å². The second kappa shape index (κ2) is 8.55. The third kappa shape index (κ3) is 3.44. The summed E-state index contributed by atoms with van der Waals surface area (Å²) in [6.45, 7) is 5.33. The number of hydrogen-bond donors (Lipinski definition) is 0. The first-order valence-corrected chi connectivity index (χ1v) is 13.0. The Morgan fingerprint density at radius 1 is 0.868 bits per heavy atom. The maximum Gasteiger partial charge on any atom is 0.333 e. The van der Waals surface area contributed by atoms with E-state index >= 15 is 0 Å². The largest absolute Gasteiger partial charge is 0.490 e. The molecule has 0 bridgehead atoms. The first-order valence-electron chi connectivity index (χ1n) is 13.0. The van der Waals surface area contributed by atoms with Crippen molar-refractivity contribution in [2.75, 3.05) is 0 Å². The van der Waals surface area contributed by atoms with Gasteiger partial charge in [0.2, 0.25) is 0 Å². The Hall–Kier alpha value is -4.45. The molecule has 2 heterocycles. The zero-order valence-electron chi connectivity index (χ0n) is 21.1. The lowest BCUT2D eigenvalue weighted by molar-refractivity contribution is -0.146. The van der Waals surface area contributed by atoms with Gasteiger partial charge in [-0.05, 0) is 68.3 Å². The average molecular weight is 503 g/mol. The molecule has 0 unspecified atom stereocenters. The van der Waals surface area contributed by atoms with Crippen molar-refractivity contribution in [2.45, 2.75) is 44.8 Å². The standard InChI is InChI=1S/C32H26N2O4/c1-18(2)32(36)38-21-14-12-20(13-15-21)37-27-17-16-23-29-22(27)8-5-9-24(29)31(35)34-26-11-4-7-19-6-3-10-25(28(19)26)33-30(23)34/h3-11,16-17,20-21H,1,12-15H2,2H3. The van der Waals surface area contributed by atoms with E-state index in [9.17, 15) is 9.59 Å². The Kier molecular flexibility index (Phi) is 5.11. The molecule has 1 saturated carbocycles. The summed E-state index contributed by atoms with van der Waals surface area (Å²) >= 11 is 0. The van der Waals surface area contributed by atoms with Gasteiger partial charge in [0.1, 0.15) is 17.5 Å². The van der Waals surface area contributed by atoms with Crippen LogP contribution in [0.4, 0.5) is 0 Å². The number of carbonyl (C=O) groups excluding carboxylic acids is 1. The summed E-state index contributed by atoms with van der Waals surface area (Å²) in [6, 6.07) is 21.9. The predicted molar refractivity (Wildman–Crippen MR) is 150 cm³/mol. The molecule has 0 saturated heterocycles. The van der Waals surface area contributed by atoms with E-state index in [1.54, 1.807) is 11.3 Å². The van der Waals surface area contributed by atoms with Gasteiger partial charge in [0.05, 0.1) is 17.1 Å². The van der Waals surface area contributed by atoms with E-state index in [-0.39, 0.29) is 23.7 Å². The van der Waals surface area contributed by atoms with Gasteiger partial charge in [-0.2, -0.15) is 0 Å². The van der Waals surface area contributed by atoms with Crippen LogP contribution in [0.25, 0.3) is 49.0 Å². The first-order chi connectivity index (χ1) is 18.5. The van der Waals surface area contributed by atoms with Crippen molar-refractivity contribution in [3.63, 3.8) is 0 Å². The fourth-order valence-electron chi connectivity index (χ4n) is 5.91. The van der Waals surface area contributed by atoms with Crippen LogP contribution in [0, 0.1) is 0 Å². The third-order valence-electron chi connectivity index (χ3n) is 7.75. The molecule has 0 atom stereocenters. The molecule has 38 heavy (non-hydrogen) atoms. The first kappa shape index (κ1) is 22.7. The molecule has 6 heteroatoms. The topological polar surface area (TPSA) is 69.9 Å². The molecule has 1 fully saturated rings. The highest BCUT2D eigenvalue weighted by Gasteiger charge is 2.26. The predicted octanol–water partition coefficient (Wildman–Crippen LogP) is 6.55. The molecule has 0 aliphatic heterocycles. The van der Waals surface area contributed by atoms with Gasteiger partial charge in [0, 0.05) is 32.5 Å². The molecule has 1 aliphatic rings. The fraction of sp³-hybridized carbons (Fsp3) is 0.219. The molecule has 4 aromatic carbocycles. The van der Waals surface area contributed by atoms with E-state index < -0.39 is 0 Å². The SMILES string of the molecule is C=C(C)C(=O)OC1CCC(Oc2ccc3c4c2cccc4c(=O)n2c4cccc5cccc(nc32)c54)CC1. The van der Waals surface area contributed by atoms with Crippen LogP contribution in [0.5, 0.6) is 5.75 Å². The van der Waals surface area contributed by atoms with E-state index in [4.69, 9.17) is 14.5 Å². The molecular formula is C32H26N2O4. The Morgan fingerprint density at radius 3 is 2.37 bits per heavy atom. The molecular weight excluding hydrogens is 476 g/mol. The Labute approximate surface area is 218 Å². The molecule has 0 radical (unpaired) electrons. The third-order valence-corrected chi connectivity index (χ3v) is 7.75. The lowest BCUT2D eigenvalue weighted by atomic mass is 9.94.